The number of hydrogen-bond acceptors (Lipinski definition) is 3. The molecule has 0 spiro atoms. The van der Waals surface area contributed by atoms with E-state index in [2.05, 4.69) is 32.0 Å². The lowest BCUT2D eigenvalue weighted by atomic mass is 10.1. The summed E-state index contributed by atoms with van der Waals surface area (Å²) in [5.41, 5.74) is 10.4. The SMILES string of the molecule is COc1ccc(OCc2cc(C)ccc2C)c(CN)c1. The minimum atomic E-state index is 0.430. The van der Waals surface area contributed by atoms with Crippen LogP contribution in [0.25, 0.3) is 0 Å². The molecular formula is C17H21NO2. The summed E-state index contributed by atoms with van der Waals surface area (Å²) in [6, 6.07) is 12.1. The summed E-state index contributed by atoms with van der Waals surface area (Å²) in [4.78, 5) is 0. The number of nitrogens with two attached hydrogens (primary N) is 1. The van der Waals surface area contributed by atoms with Crippen molar-refractivity contribution in [1.29, 1.82) is 0 Å². The van der Waals surface area contributed by atoms with Crippen molar-refractivity contribution in [3.63, 3.8) is 0 Å². The monoisotopic (exact) mass is 271 g/mol. The highest BCUT2D eigenvalue weighted by molar-refractivity contribution is 5.40. The molecule has 3 nitrogen and oxygen atoms in total. The summed E-state index contributed by atoms with van der Waals surface area (Å²) in [5, 5.41) is 0. The van der Waals surface area contributed by atoms with Crippen LogP contribution < -0.4 is 15.2 Å². The summed E-state index contributed by atoms with van der Waals surface area (Å²) >= 11 is 0. The van der Waals surface area contributed by atoms with Crippen molar-refractivity contribution in [3.05, 3.63) is 58.7 Å². The van der Waals surface area contributed by atoms with E-state index in [9.17, 15) is 0 Å². The van der Waals surface area contributed by atoms with Gasteiger partial charge in [0.2, 0.25) is 0 Å². The molecule has 2 N–H and O–H groups in total. The number of methoxy groups -OCH3 is 1. The van der Waals surface area contributed by atoms with Gasteiger partial charge < -0.3 is 15.2 Å². The Bertz CT molecular complexity index is 594. The van der Waals surface area contributed by atoms with Crippen molar-refractivity contribution in [3.8, 4) is 11.5 Å². The van der Waals surface area contributed by atoms with E-state index in [1.807, 2.05) is 18.2 Å². The second-order valence-corrected chi connectivity index (χ2v) is 4.90. The fraction of sp³-hybridized carbons (Fsp3) is 0.294. The van der Waals surface area contributed by atoms with Crippen LogP contribution in [0.15, 0.2) is 36.4 Å². The minimum absolute atomic E-state index is 0.430. The second-order valence-electron chi connectivity index (χ2n) is 4.90. The Kier molecular flexibility index (Phi) is 4.64. The molecule has 0 amide bonds. The van der Waals surface area contributed by atoms with E-state index in [0.29, 0.717) is 13.2 Å². The first-order chi connectivity index (χ1) is 9.63. The molecule has 2 rings (SSSR count). The quantitative estimate of drug-likeness (QED) is 0.907. The molecule has 0 aliphatic carbocycles. The number of hydrogen-bond donors (Lipinski definition) is 1. The Hall–Kier alpha value is -2.00. The van der Waals surface area contributed by atoms with Gasteiger partial charge in [-0.15, -0.1) is 0 Å². The van der Waals surface area contributed by atoms with Crippen LogP contribution in [-0.2, 0) is 13.2 Å². The first-order valence-electron chi connectivity index (χ1n) is 6.70. The molecule has 106 valence electrons. The lowest BCUT2D eigenvalue weighted by Gasteiger charge is -2.13. The van der Waals surface area contributed by atoms with Gasteiger partial charge in [-0.2, -0.15) is 0 Å². The zero-order chi connectivity index (χ0) is 14.5. The van der Waals surface area contributed by atoms with Crippen LogP contribution in [0.3, 0.4) is 0 Å². The summed E-state index contributed by atoms with van der Waals surface area (Å²) in [6.45, 7) is 5.16. The van der Waals surface area contributed by atoms with Gasteiger partial charge in [0.05, 0.1) is 7.11 Å². The molecule has 2 aromatic carbocycles. The van der Waals surface area contributed by atoms with Crippen molar-refractivity contribution in [2.45, 2.75) is 27.0 Å². The fourth-order valence-corrected chi connectivity index (χ4v) is 2.09. The summed E-state index contributed by atoms with van der Waals surface area (Å²) in [5.74, 6) is 1.61. The smallest absolute Gasteiger partial charge is 0.124 e. The highest BCUT2D eigenvalue weighted by atomic mass is 16.5. The normalized spacial score (nSPS) is 10.4. The van der Waals surface area contributed by atoms with E-state index >= 15 is 0 Å². The Morgan fingerprint density at radius 3 is 2.50 bits per heavy atom. The molecular weight excluding hydrogens is 250 g/mol. The van der Waals surface area contributed by atoms with E-state index in [0.717, 1.165) is 17.1 Å². The van der Waals surface area contributed by atoms with E-state index < -0.39 is 0 Å². The Balaban J connectivity index is 2.16. The third kappa shape index (κ3) is 3.31. The largest absolute Gasteiger partial charge is 0.497 e. The van der Waals surface area contributed by atoms with Crippen LogP contribution in [0.2, 0.25) is 0 Å². The number of rotatable bonds is 5. The third-order valence-electron chi connectivity index (χ3n) is 3.38. The van der Waals surface area contributed by atoms with Gasteiger partial charge in [0.1, 0.15) is 18.1 Å². The molecule has 3 heteroatoms. The first-order valence-corrected chi connectivity index (χ1v) is 6.70. The predicted octanol–water partition coefficient (Wildman–Crippen LogP) is 3.35. The number of aryl methyl sites for hydroxylation is 2. The van der Waals surface area contributed by atoms with Crippen LogP contribution in [0.5, 0.6) is 11.5 Å². The van der Waals surface area contributed by atoms with Gasteiger partial charge in [-0.1, -0.05) is 23.8 Å². The molecule has 0 radical (unpaired) electrons. The summed E-state index contributed by atoms with van der Waals surface area (Å²) < 4.78 is 11.1. The molecule has 0 saturated heterocycles. The zero-order valence-electron chi connectivity index (χ0n) is 12.3. The number of benzene rings is 2. The predicted molar refractivity (Wildman–Crippen MR) is 81.1 cm³/mol. The molecule has 0 fully saturated rings. The maximum absolute atomic E-state index is 5.91. The maximum Gasteiger partial charge on any atom is 0.124 e. The Morgan fingerprint density at radius 1 is 1.00 bits per heavy atom. The molecule has 20 heavy (non-hydrogen) atoms. The molecule has 0 heterocycles. The highest BCUT2D eigenvalue weighted by Crippen LogP contribution is 2.25. The molecule has 0 unspecified atom stereocenters. The highest BCUT2D eigenvalue weighted by Gasteiger charge is 2.06. The van der Waals surface area contributed by atoms with Gasteiger partial charge in [0.25, 0.3) is 0 Å². The maximum atomic E-state index is 5.91. The van der Waals surface area contributed by atoms with Crippen LogP contribution >= 0.6 is 0 Å². The van der Waals surface area contributed by atoms with Crippen molar-refractivity contribution in [2.24, 2.45) is 5.73 Å². The van der Waals surface area contributed by atoms with E-state index in [-0.39, 0.29) is 0 Å². The third-order valence-corrected chi connectivity index (χ3v) is 3.38. The molecule has 0 aliphatic heterocycles. The molecule has 0 saturated carbocycles. The molecule has 0 bridgehead atoms. The van der Waals surface area contributed by atoms with Gasteiger partial charge in [-0.05, 0) is 43.2 Å². The van der Waals surface area contributed by atoms with Crippen molar-refractivity contribution in [2.75, 3.05) is 7.11 Å². The van der Waals surface area contributed by atoms with Crippen molar-refractivity contribution >= 4 is 0 Å². The van der Waals surface area contributed by atoms with Crippen molar-refractivity contribution < 1.29 is 9.47 Å². The average Bonchev–Trinajstić information content (AvgIpc) is 2.48. The summed E-state index contributed by atoms with van der Waals surface area (Å²) in [7, 11) is 1.65. The van der Waals surface area contributed by atoms with E-state index in [4.69, 9.17) is 15.2 Å². The van der Waals surface area contributed by atoms with Gasteiger partial charge >= 0.3 is 0 Å². The Labute approximate surface area is 120 Å². The lowest BCUT2D eigenvalue weighted by molar-refractivity contribution is 0.301. The van der Waals surface area contributed by atoms with Gasteiger partial charge in [0.15, 0.2) is 0 Å². The second kappa shape index (κ2) is 6.44. The van der Waals surface area contributed by atoms with E-state index in [1.165, 1.54) is 16.7 Å². The van der Waals surface area contributed by atoms with Crippen LogP contribution in [0, 0.1) is 13.8 Å². The lowest BCUT2D eigenvalue weighted by Crippen LogP contribution is -2.04. The zero-order valence-corrected chi connectivity index (χ0v) is 12.3. The standard InChI is InChI=1S/C17H21NO2/c1-12-4-5-13(2)15(8-12)11-20-17-7-6-16(19-3)9-14(17)10-18/h4-9H,10-11,18H2,1-3H3. The Morgan fingerprint density at radius 2 is 1.80 bits per heavy atom. The van der Waals surface area contributed by atoms with Crippen LogP contribution in [-0.4, -0.2) is 7.11 Å². The van der Waals surface area contributed by atoms with Crippen LogP contribution in [0.1, 0.15) is 22.3 Å². The van der Waals surface area contributed by atoms with Crippen LogP contribution in [0.4, 0.5) is 0 Å². The van der Waals surface area contributed by atoms with E-state index in [1.54, 1.807) is 7.11 Å². The van der Waals surface area contributed by atoms with Crippen molar-refractivity contribution in [1.82, 2.24) is 0 Å². The summed E-state index contributed by atoms with van der Waals surface area (Å²) in [6.07, 6.45) is 0. The molecule has 0 aliphatic rings. The average molecular weight is 271 g/mol. The minimum Gasteiger partial charge on any atom is -0.497 e. The fourth-order valence-electron chi connectivity index (χ4n) is 2.09. The molecule has 0 atom stereocenters. The first kappa shape index (κ1) is 14.4. The molecule has 2 aromatic rings. The van der Waals surface area contributed by atoms with Gasteiger partial charge in [-0.3, -0.25) is 0 Å². The topological polar surface area (TPSA) is 44.5 Å². The molecule has 0 aromatic heterocycles. The van der Waals surface area contributed by atoms with Gasteiger partial charge in [0, 0.05) is 12.1 Å². The van der Waals surface area contributed by atoms with Gasteiger partial charge in [-0.25, -0.2) is 0 Å². The number of ether oxygens (including phenoxy) is 2.